The van der Waals surface area contributed by atoms with Crippen molar-refractivity contribution in [2.45, 2.75) is 0 Å². The number of amidine groups is 1. The van der Waals surface area contributed by atoms with Crippen molar-refractivity contribution in [2.24, 2.45) is 4.99 Å². The first-order valence-electron chi connectivity index (χ1n) is 5.41. The Hall–Kier alpha value is -2.03. The quantitative estimate of drug-likeness (QED) is 0.400. The molecule has 0 atom stereocenters. The number of aromatic nitrogens is 1. The molecule has 19 heavy (non-hydrogen) atoms. The Morgan fingerprint density at radius 3 is 2.53 bits per heavy atom. The van der Waals surface area contributed by atoms with Gasteiger partial charge in [0.2, 0.25) is 5.17 Å². The maximum absolute atomic E-state index is 8.80. The molecule has 0 radical (unpaired) electrons. The molecule has 0 bridgehead atoms. The van der Waals surface area contributed by atoms with Crippen molar-refractivity contribution in [1.29, 1.82) is 5.26 Å². The van der Waals surface area contributed by atoms with E-state index in [-0.39, 0.29) is 0 Å². The number of hydrogen-bond donors (Lipinski definition) is 1. The summed E-state index contributed by atoms with van der Waals surface area (Å²) in [7, 11) is 0. The highest BCUT2D eigenvalue weighted by atomic mass is 35.5. The van der Waals surface area contributed by atoms with Crippen molar-refractivity contribution < 1.29 is 4.68 Å². The number of aliphatic imine (C=N–C) groups is 1. The molecule has 0 saturated carbocycles. The highest BCUT2D eigenvalue weighted by molar-refractivity contribution is 8.18. The fourth-order valence-electron chi connectivity index (χ4n) is 1.33. The second-order valence-electron chi connectivity index (χ2n) is 3.48. The molecule has 6 heteroatoms. The minimum atomic E-state index is 0.487. The number of thioether (sulfide) groups is 1. The van der Waals surface area contributed by atoms with Crippen LogP contribution in [-0.4, -0.2) is 5.17 Å². The second-order valence-corrected chi connectivity index (χ2v) is 4.69. The van der Waals surface area contributed by atoms with E-state index in [2.05, 4.69) is 10.4 Å². The van der Waals surface area contributed by atoms with Crippen molar-refractivity contribution in [3.63, 3.8) is 0 Å². The molecular weight excluding hydrogens is 280 g/mol. The van der Waals surface area contributed by atoms with E-state index >= 15 is 0 Å². The summed E-state index contributed by atoms with van der Waals surface area (Å²) in [6, 6.07) is 12.8. The predicted octanol–water partition coefficient (Wildman–Crippen LogP) is 3.07. The lowest BCUT2D eigenvalue weighted by molar-refractivity contribution is -0.639. The Balaban J connectivity index is 2.20. The number of benzene rings is 1. The van der Waals surface area contributed by atoms with Crippen LogP contribution in [-0.2, 0) is 0 Å². The topological polar surface area (TPSA) is 52.1 Å². The van der Waals surface area contributed by atoms with E-state index in [9.17, 15) is 0 Å². The predicted molar refractivity (Wildman–Crippen MR) is 77.7 cm³/mol. The molecule has 0 aliphatic heterocycles. The smallest absolute Gasteiger partial charge is 0.220 e. The summed E-state index contributed by atoms with van der Waals surface area (Å²) >= 11 is 6.77. The SMILES string of the molecule is N#CSC(=Nc1ccc(Cl)cc1)N[n+]1ccccc1. The number of nitrogens with one attached hydrogen (secondary N) is 1. The van der Waals surface area contributed by atoms with Crippen LogP contribution in [0.15, 0.2) is 59.9 Å². The molecule has 4 nitrogen and oxygen atoms in total. The fourth-order valence-corrected chi connectivity index (χ4v) is 1.84. The molecule has 0 spiro atoms. The first kappa shape index (κ1) is 13.4. The molecule has 0 aliphatic rings. The van der Waals surface area contributed by atoms with Crippen LogP contribution in [0.3, 0.4) is 0 Å². The minimum Gasteiger partial charge on any atom is -0.220 e. The third-order valence-electron chi connectivity index (χ3n) is 2.14. The van der Waals surface area contributed by atoms with Crippen molar-refractivity contribution in [3.8, 4) is 5.40 Å². The first-order valence-corrected chi connectivity index (χ1v) is 6.61. The summed E-state index contributed by atoms with van der Waals surface area (Å²) in [5.41, 5.74) is 3.75. The number of pyridine rings is 1. The molecule has 2 rings (SSSR count). The van der Waals surface area contributed by atoms with Gasteiger partial charge in [-0.2, -0.15) is 5.26 Å². The molecule has 1 aromatic heterocycles. The third kappa shape index (κ3) is 4.28. The van der Waals surface area contributed by atoms with Crippen LogP contribution in [0.4, 0.5) is 5.69 Å². The number of rotatable bonds is 2. The van der Waals surface area contributed by atoms with Gasteiger partial charge < -0.3 is 0 Å². The average Bonchev–Trinajstić information content (AvgIpc) is 2.43. The van der Waals surface area contributed by atoms with Crippen molar-refractivity contribution in [3.05, 3.63) is 59.9 Å². The molecular formula is C13H10ClN4S+. The molecule has 1 N–H and O–H groups in total. The van der Waals surface area contributed by atoms with Gasteiger partial charge in [0.25, 0.3) is 0 Å². The molecule has 0 fully saturated rings. The maximum Gasteiger partial charge on any atom is 0.234 e. The fraction of sp³-hybridized carbons (Fsp3) is 0. The molecule has 94 valence electrons. The Kier molecular flexibility index (Phi) is 4.78. The maximum atomic E-state index is 8.80. The van der Waals surface area contributed by atoms with Gasteiger partial charge in [0, 0.05) is 28.9 Å². The lowest BCUT2D eigenvalue weighted by atomic mass is 10.3. The summed E-state index contributed by atoms with van der Waals surface area (Å²) in [5.74, 6) is 0. The van der Waals surface area contributed by atoms with Crippen LogP contribution in [0.25, 0.3) is 0 Å². The highest BCUT2D eigenvalue weighted by Crippen LogP contribution is 2.17. The van der Waals surface area contributed by atoms with Gasteiger partial charge >= 0.3 is 0 Å². The Bertz CT molecular complexity index is 605. The van der Waals surface area contributed by atoms with Crippen LogP contribution >= 0.6 is 23.4 Å². The highest BCUT2D eigenvalue weighted by Gasteiger charge is 2.06. The number of nitrogens with zero attached hydrogens (tertiary/aromatic N) is 3. The summed E-state index contributed by atoms with van der Waals surface area (Å²) in [6.45, 7) is 0. The van der Waals surface area contributed by atoms with E-state index in [1.165, 1.54) is 0 Å². The lowest BCUT2D eigenvalue weighted by Crippen LogP contribution is -2.46. The van der Waals surface area contributed by atoms with Gasteiger partial charge in [0.05, 0.1) is 5.69 Å². The van der Waals surface area contributed by atoms with Gasteiger partial charge in [-0.25, -0.2) is 4.99 Å². The van der Waals surface area contributed by atoms with E-state index in [4.69, 9.17) is 16.9 Å². The summed E-state index contributed by atoms with van der Waals surface area (Å²) in [5, 5.41) is 11.9. The van der Waals surface area contributed by atoms with E-state index in [0.717, 1.165) is 17.4 Å². The standard InChI is InChI=1S/C13H10ClN4S/c14-11-4-6-12(7-5-11)16-13(19-10-15)17-18-8-2-1-3-9-18/h1-9H,(H,16,17)/q+1. The number of hydrogen-bond acceptors (Lipinski definition) is 3. The summed E-state index contributed by atoms with van der Waals surface area (Å²) in [4.78, 5) is 4.35. The number of nitriles is 1. The number of halogens is 1. The Morgan fingerprint density at radius 2 is 1.89 bits per heavy atom. The van der Waals surface area contributed by atoms with E-state index in [1.54, 1.807) is 28.9 Å². The molecule has 1 heterocycles. The van der Waals surface area contributed by atoms with Gasteiger partial charge in [-0.3, -0.25) is 0 Å². The van der Waals surface area contributed by atoms with Gasteiger partial charge in [-0.15, -0.1) is 5.43 Å². The second kappa shape index (κ2) is 6.78. The molecule has 0 unspecified atom stereocenters. The minimum absolute atomic E-state index is 0.487. The Labute approximate surface area is 120 Å². The van der Waals surface area contributed by atoms with E-state index < -0.39 is 0 Å². The van der Waals surface area contributed by atoms with E-state index in [1.807, 2.05) is 36.0 Å². The molecule has 2 aromatic rings. The number of thiocyanates is 1. The van der Waals surface area contributed by atoms with Crippen LogP contribution in [0, 0.1) is 10.7 Å². The zero-order chi connectivity index (χ0) is 13.5. The zero-order valence-electron chi connectivity index (χ0n) is 9.82. The van der Waals surface area contributed by atoms with Gasteiger partial charge in [-0.1, -0.05) is 22.3 Å². The van der Waals surface area contributed by atoms with Crippen LogP contribution in [0.2, 0.25) is 5.02 Å². The van der Waals surface area contributed by atoms with Crippen LogP contribution < -0.4 is 10.1 Å². The van der Waals surface area contributed by atoms with Gasteiger partial charge in [0.15, 0.2) is 12.4 Å². The largest absolute Gasteiger partial charge is 0.234 e. The van der Waals surface area contributed by atoms with E-state index in [0.29, 0.717) is 10.2 Å². The van der Waals surface area contributed by atoms with Crippen molar-refractivity contribution >= 4 is 34.2 Å². The first-order chi connectivity index (χ1) is 9.28. The average molecular weight is 290 g/mol. The molecule has 1 aromatic carbocycles. The van der Waals surface area contributed by atoms with Crippen LogP contribution in [0.5, 0.6) is 0 Å². The monoisotopic (exact) mass is 289 g/mol. The van der Waals surface area contributed by atoms with Gasteiger partial charge in [0.1, 0.15) is 5.40 Å². The third-order valence-corrected chi connectivity index (χ3v) is 2.86. The summed E-state index contributed by atoms with van der Waals surface area (Å²) in [6.07, 6.45) is 3.66. The molecule has 0 aliphatic carbocycles. The van der Waals surface area contributed by atoms with Crippen molar-refractivity contribution in [1.82, 2.24) is 0 Å². The lowest BCUT2D eigenvalue weighted by Gasteiger charge is -2.00. The van der Waals surface area contributed by atoms with Crippen LogP contribution in [0.1, 0.15) is 0 Å². The molecule has 0 saturated heterocycles. The van der Waals surface area contributed by atoms with Crippen molar-refractivity contribution in [2.75, 3.05) is 5.43 Å². The normalized spacial score (nSPS) is 10.8. The van der Waals surface area contributed by atoms with Gasteiger partial charge in [-0.05, 0) is 24.3 Å². The summed E-state index contributed by atoms with van der Waals surface area (Å²) < 4.78 is 1.72. The molecule has 0 amide bonds. The zero-order valence-corrected chi connectivity index (χ0v) is 11.4. The Morgan fingerprint density at radius 1 is 1.21 bits per heavy atom.